The zero-order chi connectivity index (χ0) is 10.7. The number of rotatable bonds is 2. The van der Waals surface area contributed by atoms with E-state index in [1.54, 1.807) is 5.06 Å². The highest BCUT2D eigenvalue weighted by molar-refractivity contribution is 5.78. The minimum atomic E-state index is 0.186. The van der Waals surface area contributed by atoms with E-state index in [9.17, 15) is 4.79 Å². The predicted octanol–water partition coefficient (Wildman–Crippen LogP) is 0.915. The van der Waals surface area contributed by atoms with Crippen LogP contribution in [0.5, 0.6) is 0 Å². The third-order valence-electron chi connectivity index (χ3n) is 3.53. The molecule has 0 unspecified atom stereocenters. The average molecular weight is 212 g/mol. The van der Waals surface area contributed by atoms with Gasteiger partial charge in [-0.2, -0.15) is 0 Å². The van der Waals surface area contributed by atoms with Crippen molar-refractivity contribution < 1.29 is 9.63 Å². The van der Waals surface area contributed by atoms with Crippen LogP contribution in [0.4, 0.5) is 0 Å². The Morgan fingerprint density at radius 3 is 2.60 bits per heavy atom. The second-order valence-electron chi connectivity index (χ2n) is 4.58. The van der Waals surface area contributed by atoms with E-state index >= 15 is 0 Å². The van der Waals surface area contributed by atoms with E-state index in [1.165, 1.54) is 0 Å². The Morgan fingerprint density at radius 1 is 1.33 bits per heavy atom. The maximum absolute atomic E-state index is 12.0. The van der Waals surface area contributed by atoms with Crippen LogP contribution in [-0.4, -0.2) is 30.7 Å². The summed E-state index contributed by atoms with van der Waals surface area (Å²) in [7, 11) is 0. The minimum Gasteiger partial charge on any atom is -0.330 e. The number of hydrogen-bond donors (Lipinski definition) is 1. The average Bonchev–Trinajstić information content (AvgIpc) is 2.82. The van der Waals surface area contributed by atoms with Gasteiger partial charge in [-0.15, -0.1) is 0 Å². The molecular weight excluding hydrogens is 192 g/mol. The van der Waals surface area contributed by atoms with Gasteiger partial charge < -0.3 is 5.73 Å². The van der Waals surface area contributed by atoms with Gasteiger partial charge >= 0.3 is 0 Å². The van der Waals surface area contributed by atoms with E-state index in [1.807, 2.05) is 0 Å². The van der Waals surface area contributed by atoms with Crippen molar-refractivity contribution in [2.45, 2.75) is 32.1 Å². The molecule has 86 valence electrons. The Kier molecular flexibility index (Phi) is 3.59. The fourth-order valence-corrected chi connectivity index (χ4v) is 2.47. The predicted molar refractivity (Wildman–Crippen MR) is 56.8 cm³/mol. The van der Waals surface area contributed by atoms with Crippen LogP contribution in [0.25, 0.3) is 0 Å². The first-order valence-electron chi connectivity index (χ1n) is 5.95. The summed E-state index contributed by atoms with van der Waals surface area (Å²) in [6, 6.07) is 0. The Hall–Kier alpha value is -0.610. The van der Waals surface area contributed by atoms with Crippen molar-refractivity contribution >= 4 is 5.91 Å². The fourth-order valence-electron chi connectivity index (χ4n) is 2.47. The Balaban J connectivity index is 1.81. The molecule has 0 aromatic heterocycles. The maximum Gasteiger partial charge on any atom is 0.249 e. The number of nitrogens with zero attached hydrogens (tertiary/aromatic N) is 1. The van der Waals surface area contributed by atoms with Gasteiger partial charge in [-0.3, -0.25) is 9.63 Å². The van der Waals surface area contributed by atoms with Crippen molar-refractivity contribution in [1.82, 2.24) is 5.06 Å². The van der Waals surface area contributed by atoms with Gasteiger partial charge in [0.2, 0.25) is 5.91 Å². The van der Waals surface area contributed by atoms with Gasteiger partial charge in [-0.05, 0) is 44.6 Å². The summed E-state index contributed by atoms with van der Waals surface area (Å²) in [5.41, 5.74) is 5.63. The topological polar surface area (TPSA) is 55.6 Å². The van der Waals surface area contributed by atoms with Gasteiger partial charge in [0.15, 0.2) is 0 Å². The molecule has 0 atom stereocenters. The van der Waals surface area contributed by atoms with Crippen molar-refractivity contribution in [2.24, 2.45) is 17.6 Å². The van der Waals surface area contributed by atoms with Crippen molar-refractivity contribution in [3.8, 4) is 0 Å². The van der Waals surface area contributed by atoms with Crippen LogP contribution in [0.3, 0.4) is 0 Å². The van der Waals surface area contributed by atoms with Gasteiger partial charge in [0.05, 0.1) is 13.2 Å². The molecule has 1 saturated carbocycles. The number of amides is 1. The lowest BCUT2D eigenvalue weighted by Gasteiger charge is -2.28. The quantitative estimate of drug-likeness (QED) is 0.740. The number of carbonyl (C=O) groups excluding carboxylic acids is 1. The molecule has 0 aromatic carbocycles. The van der Waals surface area contributed by atoms with E-state index < -0.39 is 0 Å². The molecule has 1 aliphatic carbocycles. The smallest absolute Gasteiger partial charge is 0.249 e. The lowest BCUT2D eigenvalue weighted by atomic mass is 9.81. The first-order chi connectivity index (χ1) is 7.31. The molecule has 2 aliphatic rings. The molecule has 1 amide bonds. The highest BCUT2D eigenvalue weighted by Crippen LogP contribution is 2.30. The van der Waals surface area contributed by atoms with Gasteiger partial charge in [0, 0.05) is 5.92 Å². The summed E-state index contributed by atoms with van der Waals surface area (Å²) in [6.45, 7) is 2.24. The van der Waals surface area contributed by atoms with Crippen LogP contribution in [0.2, 0.25) is 0 Å². The fraction of sp³-hybridized carbons (Fsp3) is 0.909. The van der Waals surface area contributed by atoms with E-state index in [2.05, 4.69) is 0 Å². The monoisotopic (exact) mass is 212 g/mol. The largest absolute Gasteiger partial charge is 0.330 e. The molecule has 0 bridgehead atoms. The molecule has 1 heterocycles. The summed E-state index contributed by atoms with van der Waals surface area (Å²) in [4.78, 5) is 17.2. The molecule has 4 heteroatoms. The first kappa shape index (κ1) is 10.9. The number of hydrogen-bond acceptors (Lipinski definition) is 3. The first-order valence-corrected chi connectivity index (χ1v) is 5.95. The molecular formula is C11H20N2O2. The molecule has 1 aliphatic heterocycles. The highest BCUT2D eigenvalue weighted by Gasteiger charge is 2.30. The van der Waals surface area contributed by atoms with Crippen molar-refractivity contribution in [2.75, 3.05) is 19.7 Å². The van der Waals surface area contributed by atoms with Crippen LogP contribution in [0.1, 0.15) is 32.1 Å². The summed E-state index contributed by atoms with van der Waals surface area (Å²) < 4.78 is 0. The number of nitrogens with two attached hydrogens (primary N) is 1. The Bertz CT molecular complexity index is 219. The molecule has 4 nitrogen and oxygen atoms in total. The van der Waals surface area contributed by atoms with Crippen molar-refractivity contribution in [3.05, 3.63) is 0 Å². The summed E-state index contributed by atoms with van der Waals surface area (Å²) >= 11 is 0. The molecule has 1 saturated heterocycles. The zero-order valence-corrected chi connectivity index (χ0v) is 9.15. The molecule has 0 radical (unpaired) electrons. The molecule has 2 N–H and O–H groups in total. The van der Waals surface area contributed by atoms with Crippen LogP contribution in [0.15, 0.2) is 0 Å². The number of carbonyl (C=O) groups is 1. The molecule has 0 aromatic rings. The maximum atomic E-state index is 12.0. The lowest BCUT2D eigenvalue weighted by Crippen LogP contribution is -2.35. The van der Waals surface area contributed by atoms with Gasteiger partial charge in [0.25, 0.3) is 0 Å². The Labute approximate surface area is 90.7 Å². The van der Waals surface area contributed by atoms with Crippen LogP contribution >= 0.6 is 0 Å². The van der Waals surface area contributed by atoms with Gasteiger partial charge in [-0.1, -0.05) is 0 Å². The minimum absolute atomic E-state index is 0.186. The molecule has 2 fully saturated rings. The lowest BCUT2D eigenvalue weighted by molar-refractivity contribution is -0.174. The molecule has 0 spiro atoms. The summed E-state index contributed by atoms with van der Waals surface area (Å²) in [6.07, 6.45) is 5.15. The third-order valence-corrected chi connectivity index (χ3v) is 3.53. The van der Waals surface area contributed by atoms with Gasteiger partial charge in [0.1, 0.15) is 0 Å². The number of hydroxylamine groups is 2. The van der Waals surface area contributed by atoms with Crippen molar-refractivity contribution in [1.29, 1.82) is 0 Å². The van der Waals surface area contributed by atoms with Crippen molar-refractivity contribution in [3.63, 3.8) is 0 Å². The van der Waals surface area contributed by atoms with Crippen LogP contribution < -0.4 is 5.73 Å². The van der Waals surface area contributed by atoms with E-state index in [0.29, 0.717) is 12.5 Å². The normalized spacial score (nSPS) is 31.9. The van der Waals surface area contributed by atoms with Crippen LogP contribution in [-0.2, 0) is 9.63 Å². The summed E-state index contributed by atoms with van der Waals surface area (Å²) in [5, 5.41) is 1.56. The SMILES string of the molecule is NCC1CCC(C(=O)N2CCCO2)CC1. The Morgan fingerprint density at radius 2 is 2.07 bits per heavy atom. The summed E-state index contributed by atoms with van der Waals surface area (Å²) in [5.74, 6) is 1.02. The standard InChI is InChI=1S/C11H20N2O2/c12-8-9-2-4-10(5-3-9)11(14)13-6-1-7-15-13/h9-10H,1-8,12H2. The van der Waals surface area contributed by atoms with Crippen LogP contribution in [0, 0.1) is 11.8 Å². The molecule has 2 rings (SSSR count). The zero-order valence-electron chi connectivity index (χ0n) is 9.15. The second-order valence-corrected chi connectivity index (χ2v) is 4.58. The van der Waals surface area contributed by atoms with E-state index in [4.69, 9.17) is 10.6 Å². The second kappa shape index (κ2) is 4.94. The van der Waals surface area contributed by atoms with E-state index in [0.717, 1.165) is 45.2 Å². The van der Waals surface area contributed by atoms with Gasteiger partial charge in [-0.25, -0.2) is 5.06 Å². The third kappa shape index (κ3) is 2.49. The molecule has 15 heavy (non-hydrogen) atoms. The highest BCUT2D eigenvalue weighted by atomic mass is 16.7. The van der Waals surface area contributed by atoms with E-state index in [-0.39, 0.29) is 11.8 Å².